The van der Waals surface area contributed by atoms with Crippen molar-refractivity contribution in [2.24, 2.45) is 0 Å². The van der Waals surface area contributed by atoms with E-state index in [0.29, 0.717) is 18.5 Å². The fourth-order valence-electron chi connectivity index (χ4n) is 4.49. The van der Waals surface area contributed by atoms with Crippen molar-refractivity contribution in [2.45, 2.75) is 38.4 Å². The number of anilines is 2. The molecule has 0 fully saturated rings. The van der Waals surface area contributed by atoms with Crippen LogP contribution in [0.5, 0.6) is 0 Å². The van der Waals surface area contributed by atoms with Crippen LogP contribution in [-0.4, -0.2) is 15.0 Å². The second-order valence-electron chi connectivity index (χ2n) is 8.46. The van der Waals surface area contributed by atoms with Crippen LogP contribution >= 0.6 is 0 Å². The van der Waals surface area contributed by atoms with Crippen molar-refractivity contribution in [2.75, 3.05) is 10.7 Å². The molecular weight excluding hydrogens is 406 g/mol. The topological polar surface area (TPSA) is 53.1 Å². The fourth-order valence-corrected chi connectivity index (χ4v) is 4.49. The maximum atomic E-state index is 4.22. The number of aromatic nitrogens is 2. The molecular formula is C28H29N5. The highest BCUT2D eigenvalue weighted by Gasteiger charge is 2.26. The summed E-state index contributed by atoms with van der Waals surface area (Å²) in [5.41, 5.74) is 10.2. The summed E-state index contributed by atoms with van der Waals surface area (Å²) in [7, 11) is 0. The molecule has 4 aromatic rings. The van der Waals surface area contributed by atoms with Crippen molar-refractivity contribution in [1.29, 1.82) is 0 Å². The molecule has 1 aromatic heterocycles. The molecule has 2 N–H and O–H groups in total. The summed E-state index contributed by atoms with van der Waals surface area (Å²) >= 11 is 0. The minimum atomic E-state index is 0.340. The van der Waals surface area contributed by atoms with Crippen LogP contribution in [0.25, 0.3) is 0 Å². The molecule has 1 aliphatic carbocycles. The van der Waals surface area contributed by atoms with Gasteiger partial charge >= 0.3 is 0 Å². The van der Waals surface area contributed by atoms with E-state index in [0.717, 1.165) is 18.7 Å². The summed E-state index contributed by atoms with van der Waals surface area (Å²) in [5.74, 6) is 0.643. The summed E-state index contributed by atoms with van der Waals surface area (Å²) in [6.07, 6.45) is 7.01. The molecule has 33 heavy (non-hydrogen) atoms. The molecule has 1 unspecified atom stereocenters. The Labute approximate surface area is 195 Å². The minimum Gasteiger partial charge on any atom is -0.350 e. The first kappa shape index (κ1) is 21.2. The average molecular weight is 436 g/mol. The molecule has 0 spiro atoms. The van der Waals surface area contributed by atoms with Crippen LogP contribution in [0, 0.1) is 0 Å². The van der Waals surface area contributed by atoms with Crippen LogP contribution < -0.4 is 10.7 Å². The van der Waals surface area contributed by atoms with E-state index >= 15 is 0 Å². The molecule has 5 rings (SSSR count). The fraction of sp³-hybridized carbons (Fsp3) is 0.214. The Bertz CT molecular complexity index is 1150. The van der Waals surface area contributed by atoms with E-state index in [4.69, 9.17) is 0 Å². The van der Waals surface area contributed by atoms with Gasteiger partial charge in [0, 0.05) is 31.2 Å². The number of hydrogen-bond donors (Lipinski definition) is 2. The molecule has 1 heterocycles. The normalized spacial score (nSPS) is 15.1. The highest BCUT2D eigenvalue weighted by molar-refractivity contribution is 5.45. The van der Waals surface area contributed by atoms with Crippen molar-refractivity contribution < 1.29 is 0 Å². The van der Waals surface area contributed by atoms with Gasteiger partial charge in [0.2, 0.25) is 5.95 Å². The first-order chi connectivity index (χ1) is 16.3. The summed E-state index contributed by atoms with van der Waals surface area (Å²) in [4.78, 5) is 8.44. The van der Waals surface area contributed by atoms with Gasteiger partial charge in [-0.25, -0.2) is 15.0 Å². The van der Waals surface area contributed by atoms with Crippen molar-refractivity contribution in [1.82, 2.24) is 15.0 Å². The smallest absolute Gasteiger partial charge is 0.222 e. The van der Waals surface area contributed by atoms with Gasteiger partial charge in [0.1, 0.15) is 0 Å². The number of nitrogens with one attached hydrogen (secondary N) is 2. The number of nitrogens with zero attached hydrogens (tertiary/aromatic N) is 3. The third-order valence-corrected chi connectivity index (χ3v) is 6.15. The number of aryl methyl sites for hydroxylation is 1. The third kappa shape index (κ3) is 5.38. The Morgan fingerprint density at radius 2 is 1.55 bits per heavy atom. The minimum absolute atomic E-state index is 0.340. The van der Waals surface area contributed by atoms with Crippen LogP contribution in [0.3, 0.4) is 0 Å². The molecule has 0 aliphatic heterocycles. The van der Waals surface area contributed by atoms with Crippen molar-refractivity contribution in [3.05, 3.63) is 120 Å². The number of benzene rings is 3. The lowest BCUT2D eigenvalue weighted by atomic mass is 9.87. The van der Waals surface area contributed by atoms with Crippen LogP contribution in [0.4, 0.5) is 11.6 Å². The molecule has 1 atom stereocenters. The van der Waals surface area contributed by atoms with E-state index in [-0.39, 0.29) is 0 Å². The predicted molar refractivity (Wildman–Crippen MR) is 134 cm³/mol. The van der Waals surface area contributed by atoms with Crippen LogP contribution in [0.15, 0.2) is 97.3 Å². The summed E-state index contributed by atoms with van der Waals surface area (Å²) in [6.45, 7) is 1.53. The van der Waals surface area contributed by atoms with Crippen molar-refractivity contribution in [3.8, 4) is 0 Å². The third-order valence-electron chi connectivity index (χ3n) is 6.15. The highest BCUT2D eigenvalue weighted by atomic mass is 15.5. The zero-order chi connectivity index (χ0) is 22.3. The Morgan fingerprint density at radius 3 is 2.36 bits per heavy atom. The Kier molecular flexibility index (Phi) is 6.59. The lowest BCUT2D eigenvalue weighted by Gasteiger charge is -2.36. The van der Waals surface area contributed by atoms with Crippen LogP contribution in [0.2, 0.25) is 0 Å². The van der Waals surface area contributed by atoms with Gasteiger partial charge in [0.05, 0.1) is 6.04 Å². The maximum Gasteiger partial charge on any atom is 0.222 e. The highest BCUT2D eigenvalue weighted by Crippen LogP contribution is 2.35. The van der Waals surface area contributed by atoms with Gasteiger partial charge in [-0.05, 0) is 59.7 Å². The van der Waals surface area contributed by atoms with E-state index in [9.17, 15) is 0 Å². The second-order valence-corrected chi connectivity index (χ2v) is 8.46. The zero-order valence-corrected chi connectivity index (χ0v) is 18.7. The van der Waals surface area contributed by atoms with E-state index < -0.39 is 0 Å². The lowest BCUT2D eigenvalue weighted by molar-refractivity contribution is 0.210. The average Bonchev–Trinajstić information content (AvgIpc) is 2.89. The molecule has 166 valence electrons. The summed E-state index contributed by atoms with van der Waals surface area (Å²) < 4.78 is 0. The van der Waals surface area contributed by atoms with Crippen LogP contribution in [-0.2, 0) is 19.5 Å². The molecule has 0 saturated heterocycles. The molecule has 5 heteroatoms. The number of hydrazine groups is 1. The molecule has 3 aromatic carbocycles. The van der Waals surface area contributed by atoms with Gasteiger partial charge < -0.3 is 10.7 Å². The van der Waals surface area contributed by atoms with E-state index in [1.807, 2.05) is 6.07 Å². The van der Waals surface area contributed by atoms with Crippen LogP contribution in [0.1, 0.15) is 41.1 Å². The monoisotopic (exact) mass is 435 g/mol. The Morgan fingerprint density at radius 1 is 0.788 bits per heavy atom. The largest absolute Gasteiger partial charge is 0.350 e. The predicted octanol–water partition coefficient (Wildman–Crippen LogP) is 6.00. The molecule has 0 bridgehead atoms. The van der Waals surface area contributed by atoms with Gasteiger partial charge in [-0.3, -0.25) is 0 Å². The van der Waals surface area contributed by atoms with E-state index in [1.54, 1.807) is 12.4 Å². The number of fused-ring (bicyclic) bond motifs is 1. The van der Waals surface area contributed by atoms with Gasteiger partial charge in [-0.15, -0.1) is 0 Å². The van der Waals surface area contributed by atoms with Gasteiger partial charge in [0.25, 0.3) is 0 Å². The maximum absolute atomic E-state index is 4.22. The standard InChI is InChI=1S/C28H29N5/c1-2-8-23(9-3-1)21-33(27-13-6-11-24-10-4-5-12-26(24)27)32-25-16-14-22(15-17-25)20-31-28-29-18-7-19-30-28/h1-5,7-10,12,14-19,27,32H,6,11,13,20-21H2,(H,29,30,31). The number of hydrogen-bond acceptors (Lipinski definition) is 5. The van der Waals surface area contributed by atoms with Gasteiger partial charge in [-0.1, -0.05) is 66.7 Å². The van der Waals surface area contributed by atoms with Gasteiger partial charge in [-0.2, -0.15) is 0 Å². The van der Waals surface area contributed by atoms with E-state index in [2.05, 4.69) is 105 Å². The zero-order valence-electron chi connectivity index (χ0n) is 18.7. The summed E-state index contributed by atoms with van der Waals surface area (Å²) in [6, 6.07) is 30.3. The number of rotatable bonds is 8. The first-order valence-electron chi connectivity index (χ1n) is 11.6. The van der Waals surface area contributed by atoms with E-state index in [1.165, 1.54) is 35.1 Å². The van der Waals surface area contributed by atoms with Crippen molar-refractivity contribution in [3.63, 3.8) is 0 Å². The molecule has 0 saturated carbocycles. The Hall–Kier alpha value is -3.70. The second kappa shape index (κ2) is 10.3. The molecule has 0 radical (unpaired) electrons. The molecule has 0 amide bonds. The lowest BCUT2D eigenvalue weighted by Crippen LogP contribution is -2.35. The van der Waals surface area contributed by atoms with Crippen molar-refractivity contribution >= 4 is 11.6 Å². The molecule has 5 nitrogen and oxygen atoms in total. The van der Waals surface area contributed by atoms with Gasteiger partial charge in [0.15, 0.2) is 0 Å². The molecule has 1 aliphatic rings. The SMILES string of the molecule is c1ccc(CN(Nc2ccc(CNc3ncccn3)cc2)C2CCCc3ccccc32)cc1. The first-order valence-corrected chi connectivity index (χ1v) is 11.6. The quantitative estimate of drug-likeness (QED) is 0.333. The Balaban J connectivity index is 1.33. The summed E-state index contributed by atoms with van der Waals surface area (Å²) in [5, 5.41) is 5.66.